The Labute approximate surface area is 311 Å². The number of carbonyl (C=O) groups is 6. The van der Waals surface area contributed by atoms with Crippen LogP contribution < -0.4 is 16.0 Å². The number of allylic oxidation sites excluding steroid dienone is 2. The minimum atomic E-state index is -1.43. The van der Waals surface area contributed by atoms with Gasteiger partial charge in [-0.15, -0.1) is 11.3 Å². The van der Waals surface area contributed by atoms with Gasteiger partial charge < -0.3 is 30.2 Å². The fourth-order valence-electron chi connectivity index (χ4n) is 3.95. The molecule has 286 valence electrons. The number of amides is 3. The first kappa shape index (κ1) is 45.5. The normalized spacial score (nSPS) is 13.4. The molecule has 1 heterocycles. The molecule has 51 heavy (non-hydrogen) atoms. The highest BCUT2D eigenvalue weighted by Gasteiger charge is 2.30. The van der Waals surface area contributed by atoms with Gasteiger partial charge in [-0.3, -0.25) is 19.2 Å². The van der Waals surface area contributed by atoms with Gasteiger partial charge in [0, 0.05) is 25.6 Å². The van der Waals surface area contributed by atoms with Crippen molar-refractivity contribution in [3.63, 3.8) is 0 Å². The summed E-state index contributed by atoms with van der Waals surface area (Å²) in [4.78, 5) is 80.3. The van der Waals surface area contributed by atoms with Crippen LogP contribution in [0.15, 0.2) is 29.3 Å². The molecule has 0 spiro atoms. The first-order valence-corrected chi connectivity index (χ1v) is 22.7. The van der Waals surface area contributed by atoms with Crippen molar-refractivity contribution in [3.05, 3.63) is 40.0 Å². The smallest absolute Gasteiger partial charge is 0.408 e. The number of aromatic nitrogens is 1. The third-order valence-electron chi connectivity index (χ3n) is 6.66. The molecule has 0 radical (unpaired) electrons. The minimum Gasteiger partial charge on any atom is -0.466 e. The van der Waals surface area contributed by atoms with E-state index in [1.165, 1.54) is 23.2 Å². The molecule has 0 fully saturated rings. The van der Waals surface area contributed by atoms with Crippen molar-refractivity contribution in [1.82, 2.24) is 20.9 Å². The fraction of sp³-hybridized carbons (Fsp3) is 0.629. The Morgan fingerprint density at radius 1 is 1.10 bits per heavy atom. The number of esters is 2. The summed E-state index contributed by atoms with van der Waals surface area (Å²) in [5.41, 5.74) is -0.743. The van der Waals surface area contributed by atoms with E-state index in [4.69, 9.17) is 14.2 Å². The van der Waals surface area contributed by atoms with E-state index in [-0.39, 0.29) is 36.1 Å². The maximum atomic E-state index is 13.4. The summed E-state index contributed by atoms with van der Waals surface area (Å²) in [5.74, 6) is -2.53. The first-order chi connectivity index (χ1) is 23.7. The topological polar surface area (TPSA) is 179 Å². The molecule has 2 atom stereocenters. The van der Waals surface area contributed by atoms with Gasteiger partial charge in [0.2, 0.25) is 0 Å². The van der Waals surface area contributed by atoms with Crippen molar-refractivity contribution in [3.8, 4) is 0 Å². The average molecular weight is 769 g/mol. The van der Waals surface area contributed by atoms with Gasteiger partial charge >= 0.3 is 18.0 Å². The summed E-state index contributed by atoms with van der Waals surface area (Å²) in [7, 11) is -1.43. The van der Waals surface area contributed by atoms with Crippen molar-refractivity contribution in [2.45, 2.75) is 124 Å². The number of carbonyl (C=O) groups excluding carboxylic acids is 6. The molecule has 3 N–H and O–H groups in total. The summed E-state index contributed by atoms with van der Waals surface area (Å²) in [5, 5.41) is 9.79. The second kappa shape index (κ2) is 22.4. The predicted octanol–water partition coefficient (Wildman–Crippen LogP) is 6.13. The maximum absolute atomic E-state index is 13.4. The Morgan fingerprint density at radius 3 is 2.37 bits per heavy atom. The molecule has 0 saturated heterocycles. The summed E-state index contributed by atoms with van der Waals surface area (Å²) in [6.45, 7) is 19.0. The van der Waals surface area contributed by atoms with E-state index < -0.39 is 61.6 Å². The summed E-state index contributed by atoms with van der Waals surface area (Å²) < 4.78 is 16.4. The van der Waals surface area contributed by atoms with Crippen LogP contribution in [0.3, 0.4) is 0 Å². The lowest BCUT2D eigenvalue weighted by Gasteiger charge is -2.24. The third-order valence-corrected chi connectivity index (χ3v) is 10.2. The number of hydrogen-bond donors (Lipinski definition) is 3. The Morgan fingerprint density at radius 2 is 1.78 bits per heavy atom. The molecule has 0 unspecified atom stereocenters. The molecular formula is C35H56N4O9S2Si. The molecule has 0 aromatic carbocycles. The highest BCUT2D eigenvalue weighted by molar-refractivity contribution is 8.13. The number of alkyl carbamates (subject to hydrolysis) is 1. The Hall–Kier alpha value is -3.50. The van der Waals surface area contributed by atoms with E-state index in [0.717, 1.165) is 23.8 Å². The van der Waals surface area contributed by atoms with Crippen LogP contribution in [-0.2, 0) is 39.9 Å². The molecule has 1 rings (SSSR count). The van der Waals surface area contributed by atoms with Gasteiger partial charge in [0.05, 0.1) is 19.6 Å². The molecule has 0 aliphatic rings. The number of nitrogens with one attached hydrogen (secondary N) is 3. The van der Waals surface area contributed by atoms with Crippen molar-refractivity contribution in [2.24, 2.45) is 5.92 Å². The zero-order valence-corrected chi connectivity index (χ0v) is 34.3. The molecule has 1 aromatic heterocycles. The Balaban J connectivity index is 2.94. The molecule has 3 amide bonds. The third kappa shape index (κ3) is 20.2. The lowest BCUT2D eigenvalue weighted by atomic mass is 10.0. The molecule has 16 heteroatoms. The number of hydrogen-bond acceptors (Lipinski definition) is 12. The molecule has 0 aliphatic heterocycles. The van der Waals surface area contributed by atoms with Gasteiger partial charge in [0.15, 0.2) is 5.12 Å². The standard InChI is InChI=1S/C35H56N4O9S2Si/c1-11-15-29(41)49-18-14-13-16-24(20-28(40)46-17-19-51(8,9)10)47-33(44)30(23(3)4)39-31(42)25(12-2)38-32(43)26-22-50-27(37-26)21-36-34(45)48-35(5,6)7/h12-13,16,22-24,30H,11,14-15,17-21H2,1-10H3,(H,36,45)(H,38,43)(H,39,42)/b16-13+,25-12-/t24-,30+/m1/s1. The molecule has 13 nitrogen and oxygen atoms in total. The van der Waals surface area contributed by atoms with Gasteiger partial charge in [-0.25, -0.2) is 14.6 Å². The van der Waals surface area contributed by atoms with Gasteiger partial charge in [-0.1, -0.05) is 64.3 Å². The van der Waals surface area contributed by atoms with E-state index in [1.807, 2.05) is 6.92 Å². The summed E-state index contributed by atoms with van der Waals surface area (Å²) in [6.07, 6.45) is 4.75. The van der Waals surface area contributed by atoms with E-state index >= 15 is 0 Å². The lowest BCUT2D eigenvalue weighted by molar-refractivity contribution is -0.156. The molecule has 0 bridgehead atoms. The second-order valence-corrected chi connectivity index (χ2v) is 21.9. The van der Waals surface area contributed by atoms with Crippen LogP contribution in [0.1, 0.15) is 89.6 Å². The SMILES string of the molecule is C/C=C(\NC(=O)c1csc(CNC(=O)OC(C)(C)C)n1)C(=O)N[C@H](C(=O)O[C@H](/C=C/CCSC(=O)CCC)CC(=O)OCC[Si](C)(C)C)C(C)C. The van der Waals surface area contributed by atoms with Gasteiger partial charge in [0.25, 0.3) is 11.8 Å². The molecule has 1 aromatic rings. The van der Waals surface area contributed by atoms with Crippen LogP contribution in [0.4, 0.5) is 4.79 Å². The molecule has 0 saturated carbocycles. The van der Waals surface area contributed by atoms with Crippen LogP contribution in [0.2, 0.25) is 25.7 Å². The van der Waals surface area contributed by atoms with Gasteiger partial charge in [-0.05, 0) is 58.6 Å². The van der Waals surface area contributed by atoms with Crippen LogP contribution in [-0.4, -0.2) is 78.1 Å². The van der Waals surface area contributed by atoms with Crippen LogP contribution in [0.5, 0.6) is 0 Å². The van der Waals surface area contributed by atoms with Crippen molar-refractivity contribution >= 4 is 66.1 Å². The zero-order valence-electron chi connectivity index (χ0n) is 31.6. The average Bonchev–Trinajstić information content (AvgIpc) is 3.49. The van der Waals surface area contributed by atoms with Crippen LogP contribution in [0.25, 0.3) is 0 Å². The Bertz CT molecular complexity index is 1400. The Kier molecular flexibility index (Phi) is 20.0. The van der Waals surface area contributed by atoms with Gasteiger partial charge in [0.1, 0.15) is 34.1 Å². The van der Waals surface area contributed by atoms with Crippen molar-refractivity contribution in [1.29, 1.82) is 0 Å². The lowest BCUT2D eigenvalue weighted by Crippen LogP contribution is -2.48. The number of rotatable bonds is 20. The van der Waals surface area contributed by atoms with Crippen molar-refractivity contribution < 1.29 is 43.0 Å². The predicted molar refractivity (Wildman–Crippen MR) is 203 cm³/mol. The maximum Gasteiger partial charge on any atom is 0.408 e. The number of nitrogens with zero attached hydrogens (tertiary/aromatic N) is 1. The highest BCUT2D eigenvalue weighted by atomic mass is 32.2. The van der Waals surface area contributed by atoms with E-state index in [2.05, 4.69) is 40.6 Å². The minimum absolute atomic E-state index is 0.0347. The summed E-state index contributed by atoms with van der Waals surface area (Å²) in [6, 6.07) is -0.322. The van der Waals surface area contributed by atoms with E-state index in [0.29, 0.717) is 23.6 Å². The summed E-state index contributed by atoms with van der Waals surface area (Å²) >= 11 is 2.38. The van der Waals surface area contributed by atoms with E-state index in [1.54, 1.807) is 53.7 Å². The monoisotopic (exact) mass is 768 g/mol. The first-order valence-electron chi connectivity index (χ1n) is 17.1. The largest absolute Gasteiger partial charge is 0.466 e. The quantitative estimate of drug-likeness (QED) is 0.0347. The second-order valence-electron chi connectivity index (χ2n) is 14.2. The van der Waals surface area contributed by atoms with E-state index in [9.17, 15) is 28.8 Å². The van der Waals surface area contributed by atoms with Crippen molar-refractivity contribution in [2.75, 3.05) is 12.4 Å². The molecule has 0 aliphatic carbocycles. The van der Waals surface area contributed by atoms with Gasteiger partial charge in [-0.2, -0.15) is 0 Å². The molecular weight excluding hydrogens is 713 g/mol. The van der Waals surface area contributed by atoms with Crippen LogP contribution >= 0.6 is 23.1 Å². The van der Waals surface area contributed by atoms with Crippen LogP contribution in [0, 0.1) is 5.92 Å². The number of thioether (sulfide) groups is 1. The zero-order chi connectivity index (χ0) is 38.8. The number of ether oxygens (including phenoxy) is 3. The highest BCUT2D eigenvalue weighted by Crippen LogP contribution is 2.15. The fourth-order valence-corrected chi connectivity index (χ4v) is 6.21. The number of thiazole rings is 1.